The Balaban J connectivity index is 2.76. The molecule has 0 aliphatic rings. The van der Waals surface area contributed by atoms with Crippen LogP contribution < -0.4 is 0 Å². The Morgan fingerprint density at radius 2 is 1.73 bits per heavy atom. The van der Waals surface area contributed by atoms with Gasteiger partial charge in [0.05, 0.1) is 0 Å². The predicted octanol–water partition coefficient (Wildman–Crippen LogP) is 3.84. The summed E-state index contributed by atoms with van der Waals surface area (Å²) in [5.41, 5.74) is 2.62. The molecule has 0 atom stereocenters. The first-order chi connectivity index (χ1) is 7.00. The standard InChI is InChI=1S/C14H17N/c1-10-12-8-6-5-7-11(12)9-15-13(10)14(2,3)4/h5-9H,1-4H3. The normalized spacial score (nSPS) is 12.0. The summed E-state index contributed by atoms with van der Waals surface area (Å²) in [6, 6.07) is 8.42. The van der Waals surface area contributed by atoms with Gasteiger partial charge in [-0.1, -0.05) is 45.0 Å². The predicted molar refractivity (Wildman–Crippen MR) is 65.2 cm³/mol. The summed E-state index contributed by atoms with van der Waals surface area (Å²) in [5.74, 6) is 0. The van der Waals surface area contributed by atoms with Gasteiger partial charge in [0.1, 0.15) is 0 Å². The summed E-state index contributed by atoms with van der Waals surface area (Å²) in [6.45, 7) is 8.78. The number of benzene rings is 1. The van der Waals surface area contributed by atoms with Crippen LogP contribution in [0.4, 0.5) is 0 Å². The maximum atomic E-state index is 4.58. The minimum Gasteiger partial charge on any atom is -0.260 e. The average Bonchev–Trinajstić information content (AvgIpc) is 2.16. The van der Waals surface area contributed by atoms with Crippen LogP contribution in [0.5, 0.6) is 0 Å². The molecule has 0 saturated heterocycles. The van der Waals surface area contributed by atoms with Gasteiger partial charge in [-0.3, -0.25) is 4.98 Å². The molecule has 1 nitrogen and oxygen atoms in total. The summed E-state index contributed by atoms with van der Waals surface area (Å²) >= 11 is 0. The van der Waals surface area contributed by atoms with Crippen molar-refractivity contribution in [2.24, 2.45) is 0 Å². The van der Waals surface area contributed by atoms with Gasteiger partial charge in [0.15, 0.2) is 0 Å². The molecular formula is C14H17N. The van der Waals surface area contributed by atoms with Gasteiger partial charge < -0.3 is 0 Å². The minimum absolute atomic E-state index is 0.119. The quantitative estimate of drug-likeness (QED) is 0.628. The molecule has 15 heavy (non-hydrogen) atoms. The van der Waals surface area contributed by atoms with E-state index < -0.39 is 0 Å². The molecule has 1 heteroatoms. The maximum absolute atomic E-state index is 4.58. The fourth-order valence-electron chi connectivity index (χ4n) is 2.07. The Morgan fingerprint density at radius 3 is 2.40 bits per heavy atom. The van der Waals surface area contributed by atoms with E-state index in [-0.39, 0.29) is 5.41 Å². The third kappa shape index (κ3) is 1.74. The number of pyridine rings is 1. The molecule has 0 radical (unpaired) electrons. The molecule has 0 N–H and O–H groups in total. The SMILES string of the molecule is Cc1c(C(C)(C)C)ncc2ccccc12. The van der Waals surface area contributed by atoms with Crippen LogP contribution in [0.3, 0.4) is 0 Å². The first kappa shape index (κ1) is 10.2. The van der Waals surface area contributed by atoms with Gasteiger partial charge in [0.2, 0.25) is 0 Å². The van der Waals surface area contributed by atoms with Crippen molar-refractivity contribution >= 4 is 10.8 Å². The van der Waals surface area contributed by atoms with Gasteiger partial charge in [-0.25, -0.2) is 0 Å². The number of fused-ring (bicyclic) bond motifs is 1. The summed E-state index contributed by atoms with van der Waals surface area (Å²) in [6.07, 6.45) is 1.98. The molecule has 0 amide bonds. The molecule has 0 saturated carbocycles. The van der Waals surface area contributed by atoms with Gasteiger partial charge in [-0.15, -0.1) is 0 Å². The van der Waals surface area contributed by atoms with Crippen molar-refractivity contribution in [1.82, 2.24) is 4.98 Å². The molecule has 2 aromatic rings. The van der Waals surface area contributed by atoms with Crippen molar-refractivity contribution in [2.75, 3.05) is 0 Å². The lowest BCUT2D eigenvalue weighted by atomic mass is 9.87. The van der Waals surface area contributed by atoms with E-state index in [2.05, 4.69) is 56.9 Å². The van der Waals surface area contributed by atoms with Crippen LogP contribution in [0.25, 0.3) is 10.8 Å². The number of nitrogens with zero attached hydrogens (tertiary/aromatic N) is 1. The second-order valence-electron chi connectivity index (χ2n) is 5.07. The van der Waals surface area contributed by atoms with E-state index in [1.807, 2.05) is 6.20 Å². The summed E-state index contributed by atoms with van der Waals surface area (Å²) in [7, 11) is 0. The van der Waals surface area contributed by atoms with Crippen molar-refractivity contribution in [1.29, 1.82) is 0 Å². The molecule has 78 valence electrons. The van der Waals surface area contributed by atoms with Crippen LogP contribution in [0.2, 0.25) is 0 Å². The Kier molecular flexibility index (Phi) is 2.26. The largest absolute Gasteiger partial charge is 0.260 e. The first-order valence-electron chi connectivity index (χ1n) is 5.35. The molecule has 1 aromatic heterocycles. The Hall–Kier alpha value is -1.37. The zero-order valence-electron chi connectivity index (χ0n) is 9.83. The highest BCUT2D eigenvalue weighted by Crippen LogP contribution is 2.28. The first-order valence-corrected chi connectivity index (χ1v) is 5.35. The second kappa shape index (κ2) is 3.34. The molecule has 1 aromatic carbocycles. The van der Waals surface area contributed by atoms with Gasteiger partial charge in [0.25, 0.3) is 0 Å². The van der Waals surface area contributed by atoms with Crippen molar-refractivity contribution in [3.8, 4) is 0 Å². The van der Waals surface area contributed by atoms with Gasteiger partial charge in [0, 0.05) is 22.7 Å². The minimum atomic E-state index is 0.119. The van der Waals surface area contributed by atoms with Gasteiger partial charge in [-0.2, -0.15) is 0 Å². The zero-order valence-corrected chi connectivity index (χ0v) is 9.83. The highest BCUT2D eigenvalue weighted by atomic mass is 14.7. The number of aromatic nitrogens is 1. The molecule has 0 bridgehead atoms. The summed E-state index contributed by atoms with van der Waals surface area (Å²) in [4.78, 5) is 4.58. The van der Waals surface area contributed by atoms with Crippen molar-refractivity contribution in [3.05, 3.63) is 41.7 Å². The number of hydrogen-bond donors (Lipinski definition) is 0. The number of rotatable bonds is 0. The van der Waals surface area contributed by atoms with Gasteiger partial charge in [-0.05, 0) is 17.9 Å². The Labute approximate surface area is 91.2 Å². The highest BCUT2D eigenvalue weighted by Gasteiger charge is 2.18. The van der Waals surface area contributed by atoms with E-state index in [1.165, 1.54) is 22.0 Å². The van der Waals surface area contributed by atoms with Gasteiger partial charge >= 0.3 is 0 Å². The Bertz CT molecular complexity index is 492. The van der Waals surface area contributed by atoms with Crippen LogP contribution in [-0.4, -0.2) is 4.98 Å². The summed E-state index contributed by atoms with van der Waals surface area (Å²) in [5, 5.41) is 2.54. The van der Waals surface area contributed by atoms with E-state index >= 15 is 0 Å². The lowest BCUT2D eigenvalue weighted by Gasteiger charge is -2.21. The van der Waals surface area contributed by atoms with Crippen LogP contribution in [0, 0.1) is 6.92 Å². The molecule has 0 fully saturated rings. The topological polar surface area (TPSA) is 12.9 Å². The smallest absolute Gasteiger partial charge is 0.0492 e. The van der Waals surface area contributed by atoms with E-state index in [0.717, 1.165) is 0 Å². The molecule has 0 unspecified atom stereocenters. The van der Waals surface area contributed by atoms with E-state index in [4.69, 9.17) is 0 Å². The monoisotopic (exact) mass is 199 g/mol. The zero-order chi connectivity index (χ0) is 11.1. The molecule has 2 rings (SSSR count). The fourth-order valence-corrected chi connectivity index (χ4v) is 2.07. The van der Waals surface area contributed by atoms with Crippen LogP contribution in [0.15, 0.2) is 30.5 Å². The van der Waals surface area contributed by atoms with E-state index in [9.17, 15) is 0 Å². The second-order valence-corrected chi connectivity index (χ2v) is 5.07. The lowest BCUT2D eigenvalue weighted by Crippen LogP contribution is -2.15. The molecule has 1 heterocycles. The van der Waals surface area contributed by atoms with E-state index in [1.54, 1.807) is 0 Å². The van der Waals surface area contributed by atoms with Crippen LogP contribution >= 0.6 is 0 Å². The average molecular weight is 199 g/mol. The Morgan fingerprint density at radius 1 is 1.07 bits per heavy atom. The summed E-state index contributed by atoms with van der Waals surface area (Å²) < 4.78 is 0. The van der Waals surface area contributed by atoms with Crippen molar-refractivity contribution in [3.63, 3.8) is 0 Å². The molecular weight excluding hydrogens is 182 g/mol. The lowest BCUT2D eigenvalue weighted by molar-refractivity contribution is 0.566. The molecule has 0 aliphatic heterocycles. The van der Waals surface area contributed by atoms with Crippen molar-refractivity contribution in [2.45, 2.75) is 33.1 Å². The van der Waals surface area contributed by atoms with Crippen molar-refractivity contribution < 1.29 is 0 Å². The fraction of sp³-hybridized carbons (Fsp3) is 0.357. The molecule has 0 spiro atoms. The van der Waals surface area contributed by atoms with E-state index in [0.29, 0.717) is 0 Å². The maximum Gasteiger partial charge on any atom is 0.0492 e. The van der Waals surface area contributed by atoms with Crippen LogP contribution in [0.1, 0.15) is 32.0 Å². The third-order valence-corrected chi connectivity index (χ3v) is 2.76. The number of hydrogen-bond acceptors (Lipinski definition) is 1. The molecule has 0 aliphatic carbocycles. The van der Waals surface area contributed by atoms with Crippen LogP contribution in [-0.2, 0) is 5.41 Å². The highest BCUT2D eigenvalue weighted by molar-refractivity contribution is 5.85. The third-order valence-electron chi connectivity index (χ3n) is 2.76. The number of aryl methyl sites for hydroxylation is 1.